The van der Waals surface area contributed by atoms with E-state index in [9.17, 15) is 86.3 Å². The van der Waals surface area contributed by atoms with Crippen LogP contribution in [0, 0.1) is 51.2 Å². The Kier molecular flexibility index (Phi) is 37.0. The topological polar surface area (TPSA) is 427 Å². The fraction of sp³-hybridized carbons (Fsp3) is 0.673. The van der Waals surface area contributed by atoms with E-state index in [2.05, 4.69) is 31.9 Å². The van der Waals surface area contributed by atoms with E-state index in [1.165, 1.54) is 32.4 Å². The highest BCUT2D eigenvalue weighted by atomic mass is 35.5. The fourth-order valence-corrected chi connectivity index (χ4v) is 22.8. The standard InChI is InChI=1S/C38H53ClN4O6.C37H52N4O7.C35H47ClN4O8/c1-5-10-25(33(47)35(48)40-27-15-16-27)18-30(44)29-20-38(21-32(46)42(22-38)28-14-9-13-26(39)19-28)23-43(29)36(49)34(37(2,3)4)41-31(45)17-24-11-7-6-8-12-24;1-5-12-25(31(44)33(45)38-26-17-18-26)20-29(42)28-21-37(22-40(35(47)48-37)27-15-10-7-11-16-27)23-41(28)34(46)32(36(2,3)4)39-30(43)19-24-13-8-6-9-14-24;1-5-9-21(28(42)30(43)37-23-14-15-23)16-27(41)26-18-35(19-39(33(46)48-35)24-11-8-10-22(36)17-24)20-40(26)31(44)29(34(2,3)4)38-32(45)47-25-12-6-7-13-25/h9,13-14,19,24-25,27,29,34H,5-8,10-12,15-18,20-23H2,1-4H3,(H,40,48)(H,41,45);7,10-11,15-16,24-26,28,32H,5-6,8-9,12-14,17-23H2,1-4H3,(H,38,45)(H,39,43);8,10-11,17,21,23,25-26,29H,5-7,9,12-16,18-20H2,1-4H3,(H,37,43)(H,38,45)/t25-,29+,34-,38-;25-,28+,32-,37+;21-,26+,29-,35-/m111/s1. The largest absolute Gasteiger partial charge is 0.446 e. The van der Waals surface area contributed by atoms with E-state index in [0.717, 1.165) is 116 Å². The number of ether oxygens (including phenoxy) is 3. The molecular weight excluding hydrogens is 1900 g/mol. The van der Waals surface area contributed by atoms with Crippen LogP contribution in [0.5, 0.6) is 0 Å². The zero-order valence-electron chi connectivity index (χ0n) is 86.7. The van der Waals surface area contributed by atoms with Crippen LogP contribution in [0.3, 0.4) is 0 Å². The quantitative estimate of drug-likeness (QED) is 0.0229. The van der Waals surface area contributed by atoms with E-state index >= 15 is 0 Å². The Morgan fingerprint density at radius 2 is 0.745 bits per heavy atom. The van der Waals surface area contributed by atoms with E-state index < -0.39 is 158 Å². The zero-order chi connectivity index (χ0) is 105. The Labute approximate surface area is 862 Å². The number of ketones is 6. The molecule has 33 nitrogen and oxygen atoms in total. The first-order valence-corrected chi connectivity index (χ1v) is 53.9. The number of anilines is 3. The summed E-state index contributed by atoms with van der Waals surface area (Å²) in [5.41, 5.74) is -3.44. The van der Waals surface area contributed by atoms with Gasteiger partial charge in [-0.25, -0.2) is 14.4 Å². The molecule has 0 aromatic heterocycles. The zero-order valence-corrected chi connectivity index (χ0v) is 88.2. The molecule has 6 heterocycles. The average Bonchev–Trinajstić information content (AvgIpc) is 1.59. The van der Waals surface area contributed by atoms with Crippen molar-refractivity contribution in [2.24, 2.45) is 51.2 Å². The number of hydrogen-bond acceptors (Lipinski definition) is 21. The van der Waals surface area contributed by atoms with Crippen molar-refractivity contribution in [3.8, 4) is 0 Å². The third kappa shape index (κ3) is 29.2. The summed E-state index contributed by atoms with van der Waals surface area (Å²) in [6, 6.07) is 17.0. The monoisotopic (exact) mass is 2050 g/mol. The van der Waals surface area contributed by atoms with Crippen LogP contribution in [0.2, 0.25) is 10.0 Å². The van der Waals surface area contributed by atoms with Crippen molar-refractivity contribution in [2.45, 2.75) is 379 Å². The van der Waals surface area contributed by atoms with Gasteiger partial charge in [-0.05, 0) is 192 Å². The van der Waals surface area contributed by atoms with E-state index in [1.54, 1.807) is 85.2 Å². The smallest absolute Gasteiger partial charge is 0.415 e. The second kappa shape index (κ2) is 48.1. The lowest BCUT2D eigenvalue weighted by Crippen LogP contribution is -2.57. The highest BCUT2D eigenvalue weighted by Gasteiger charge is 2.62. The maximum absolute atomic E-state index is 14.6. The van der Waals surface area contributed by atoms with Crippen molar-refractivity contribution in [3.63, 3.8) is 0 Å². The first kappa shape index (κ1) is 111. The van der Waals surface area contributed by atoms with Crippen molar-refractivity contribution in [1.29, 1.82) is 0 Å². The van der Waals surface area contributed by atoms with Crippen LogP contribution < -0.4 is 46.6 Å². The summed E-state index contributed by atoms with van der Waals surface area (Å²) < 4.78 is 17.6. The lowest BCUT2D eigenvalue weighted by atomic mass is 9.82. The minimum atomic E-state index is -1.24. The van der Waals surface area contributed by atoms with E-state index in [1.807, 2.05) is 86.6 Å². The molecule has 3 aromatic rings. The van der Waals surface area contributed by atoms with Crippen LogP contribution in [0.1, 0.15) is 308 Å². The number of amides is 12. The molecule has 0 unspecified atom stereocenters. The van der Waals surface area contributed by atoms with Crippen LogP contribution in [0.4, 0.5) is 31.4 Å². The number of halogens is 2. The Balaban J connectivity index is 0.000000182. The number of benzene rings is 3. The second-order valence-corrected chi connectivity index (χ2v) is 47.4. The first-order valence-electron chi connectivity index (χ1n) is 53.2. The molecule has 6 N–H and O–H groups in total. The summed E-state index contributed by atoms with van der Waals surface area (Å²) in [6.07, 6.45) is 20.4. The summed E-state index contributed by atoms with van der Waals surface area (Å²) >= 11 is 12.5. The van der Waals surface area contributed by atoms with E-state index in [4.69, 9.17) is 37.4 Å². The number of Topliss-reactive ketones (excluding diaryl/α,β-unsaturated/α-hetero) is 6. The van der Waals surface area contributed by atoms with Gasteiger partial charge in [0.05, 0.1) is 44.3 Å². The number of rotatable bonds is 38. The number of nitrogens with zero attached hydrogens (tertiary/aromatic N) is 6. The normalized spacial score (nSPS) is 24.1. The number of nitrogens with one attached hydrogen (secondary N) is 6. The molecule has 145 heavy (non-hydrogen) atoms. The Bertz CT molecular complexity index is 5280. The summed E-state index contributed by atoms with van der Waals surface area (Å²) in [5, 5.41) is 18.0. The molecule has 6 aliphatic heterocycles. The third-order valence-electron chi connectivity index (χ3n) is 30.8. The van der Waals surface area contributed by atoms with Gasteiger partial charge in [0.15, 0.2) is 28.6 Å². The van der Waals surface area contributed by atoms with Crippen LogP contribution in [-0.2, 0) is 86.1 Å². The number of likely N-dealkylation sites (tertiary alicyclic amines) is 3. The number of para-hydroxylation sites is 1. The molecule has 12 fully saturated rings. The van der Waals surface area contributed by atoms with Gasteiger partial charge < -0.3 is 65.7 Å². The van der Waals surface area contributed by atoms with Gasteiger partial charge in [-0.1, -0.05) is 194 Å². The molecule has 0 radical (unpaired) electrons. The average molecular weight is 2050 g/mol. The van der Waals surface area contributed by atoms with Crippen molar-refractivity contribution in [1.82, 2.24) is 46.6 Å². The highest BCUT2D eigenvalue weighted by molar-refractivity contribution is 6.38. The van der Waals surface area contributed by atoms with Crippen LogP contribution >= 0.6 is 23.2 Å². The van der Waals surface area contributed by atoms with Crippen LogP contribution in [0.25, 0.3) is 0 Å². The predicted molar refractivity (Wildman–Crippen MR) is 545 cm³/mol. The number of hydrogen-bond donors (Lipinski definition) is 6. The molecule has 0 bridgehead atoms. The van der Waals surface area contributed by atoms with E-state index in [-0.39, 0.29) is 143 Å². The van der Waals surface area contributed by atoms with Gasteiger partial charge in [0.1, 0.15) is 24.2 Å². The summed E-state index contributed by atoms with van der Waals surface area (Å²) in [5.74, 6) is -8.65. The Hall–Kier alpha value is -10.7. The molecule has 3 aromatic carbocycles. The van der Waals surface area contributed by atoms with Crippen LogP contribution in [-0.4, -0.2) is 232 Å². The first-order chi connectivity index (χ1) is 68.7. The van der Waals surface area contributed by atoms with E-state index in [0.29, 0.717) is 90.9 Å². The van der Waals surface area contributed by atoms with Gasteiger partial charge in [-0.15, -0.1) is 0 Å². The summed E-state index contributed by atoms with van der Waals surface area (Å²) in [7, 11) is 0. The minimum absolute atomic E-state index is 0.00880. The lowest BCUT2D eigenvalue weighted by Gasteiger charge is -2.36. The number of carbonyl (C=O) groups excluding carboxylic acids is 18. The van der Waals surface area contributed by atoms with Gasteiger partial charge in [0.2, 0.25) is 52.8 Å². The molecule has 35 heteroatoms. The van der Waals surface area contributed by atoms with Crippen molar-refractivity contribution < 1.29 is 101 Å². The van der Waals surface area contributed by atoms with Gasteiger partial charge in [0, 0.05) is 133 Å². The molecule has 6 saturated carbocycles. The van der Waals surface area contributed by atoms with Gasteiger partial charge in [0.25, 0.3) is 17.7 Å². The van der Waals surface area contributed by atoms with Crippen LogP contribution in [0.15, 0.2) is 78.9 Å². The molecule has 15 rings (SSSR count). The molecule has 3 spiro atoms. The van der Waals surface area contributed by atoms with Crippen molar-refractivity contribution in [3.05, 3.63) is 88.9 Å². The minimum Gasteiger partial charge on any atom is -0.446 e. The molecule has 6 saturated heterocycles. The second-order valence-electron chi connectivity index (χ2n) is 46.5. The number of carbonyl (C=O) groups is 18. The molecule has 12 aliphatic rings. The predicted octanol–water partition coefficient (Wildman–Crippen LogP) is 15.0. The number of alkyl carbamates (subject to hydrolysis) is 1. The SMILES string of the molecule is CCC[C@H](CC(=O)[C@@H]1C[C@@]2(CN(c3cccc(Cl)c3)C(=O)O2)CN1C(=O)[C@@H](NC(=O)OC1CCCC1)C(C)(C)C)C(=O)C(=O)NC1CC1.CCC[C@H](CC(=O)[C@@H]1C[C@]2(CC(=O)N(c3cccc(Cl)c3)C2)CN1C(=O)[C@@H](NC(=O)CC1CCCCC1)C(C)(C)C)C(=O)C(=O)NC1CC1.CCC[C@H](CC(=O)[C@@H]1C[C@]2(CN(c3ccccc3)C(=O)O2)CN1C(=O)[C@@H](NC(=O)CC1CCCCC1)C(C)(C)C)C(=O)C(=O)NC1CC1. The molecule has 12 amide bonds. The van der Waals surface area contributed by atoms with Crippen molar-refractivity contribution in [2.75, 3.05) is 54.0 Å². The Morgan fingerprint density at radius 1 is 0.400 bits per heavy atom. The summed E-state index contributed by atoms with van der Waals surface area (Å²) in [4.78, 5) is 253. The molecule has 12 atom stereocenters. The third-order valence-corrected chi connectivity index (χ3v) is 31.3. The van der Waals surface area contributed by atoms with Gasteiger partial charge in [-0.3, -0.25) is 81.7 Å². The maximum Gasteiger partial charge on any atom is 0.415 e. The highest BCUT2D eigenvalue weighted by Crippen LogP contribution is 2.49. The van der Waals surface area contributed by atoms with Gasteiger partial charge >= 0.3 is 18.3 Å². The van der Waals surface area contributed by atoms with Gasteiger partial charge in [-0.2, -0.15) is 0 Å². The summed E-state index contributed by atoms with van der Waals surface area (Å²) in [6.45, 7) is 22.9. The molecule has 6 aliphatic carbocycles. The lowest BCUT2D eigenvalue weighted by molar-refractivity contribution is -0.145. The maximum atomic E-state index is 14.6. The van der Waals surface area contributed by atoms with Crippen molar-refractivity contribution >= 4 is 146 Å². The Morgan fingerprint density at radius 3 is 1.11 bits per heavy atom. The molecular formula is C110H152Cl2N12O21. The fourth-order valence-electron chi connectivity index (χ4n) is 22.5. The molecule has 792 valence electrons.